The lowest BCUT2D eigenvalue weighted by molar-refractivity contribution is -0.115. The average molecular weight is 276 g/mol. The number of phenols is 1. The molecule has 0 heterocycles. The van der Waals surface area contributed by atoms with Crippen LogP contribution in [-0.4, -0.2) is 11.0 Å². The van der Waals surface area contributed by atoms with Crippen molar-refractivity contribution in [3.05, 3.63) is 58.6 Å². The molecule has 4 heteroatoms. The minimum atomic E-state index is -0.188. The zero-order chi connectivity index (χ0) is 13.8. The predicted molar refractivity (Wildman–Crippen MR) is 76.6 cm³/mol. The fourth-order valence-electron chi connectivity index (χ4n) is 1.77. The van der Waals surface area contributed by atoms with E-state index in [0.29, 0.717) is 16.3 Å². The predicted octanol–water partition coefficient (Wildman–Crippen LogP) is 3.54. The zero-order valence-electron chi connectivity index (χ0n) is 10.5. The summed E-state index contributed by atoms with van der Waals surface area (Å²) in [5, 5.41) is 13.0. The average Bonchev–Trinajstić information content (AvgIpc) is 2.38. The number of phenolic OH excluding ortho intramolecular Hbond substituents is 1. The molecule has 0 saturated carbocycles. The number of hydrogen-bond donors (Lipinski definition) is 2. The summed E-state index contributed by atoms with van der Waals surface area (Å²) in [5.41, 5.74) is 2.11. The molecule has 0 fully saturated rings. The van der Waals surface area contributed by atoms with Gasteiger partial charge in [-0.1, -0.05) is 35.9 Å². The molecule has 0 atom stereocenters. The third-order valence-electron chi connectivity index (χ3n) is 2.88. The van der Waals surface area contributed by atoms with Crippen LogP contribution in [0.2, 0.25) is 5.02 Å². The van der Waals surface area contributed by atoms with Gasteiger partial charge in [-0.2, -0.15) is 0 Å². The third kappa shape index (κ3) is 3.26. The standard InChI is InChI=1S/C15H14ClNO2/c1-10-12(16)6-4-7-13(10)17-15(19)9-11-5-2-3-8-14(11)18/h2-8,18H,9H2,1H3,(H,17,19). The Morgan fingerprint density at radius 3 is 2.68 bits per heavy atom. The fourth-order valence-corrected chi connectivity index (χ4v) is 1.95. The molecule has 19 heavy (non-hydrogen) atoms. The highest BCUT2D eigenvalue weighted by atomic mass is 35.5. The number of carbonyl (C=O) groups is 1. The second-order valence-corrected chi connectivity index (χ2v) is 4.67. The highest BCUT2D eigenvalue weighted by Crippen LogP contribution is 2.23. The number of rotatable bonds is 3. The Labute approximate surface area is 116 Å². The van der Waals surface area contributed by atoms with Crippen LogP contribution >= 0.6 is 11.6 Å². The second kappa shape index (κ2) is 5.76. The van der Waals surface area contributed by atoms with Crippen molar-refractivity contribution in [3.63, 3.8) is 0 Å². The molecule has 3 nitrogen and oxygen atoms in total. The van der Waals surface area contributed by atoms with Crippen LogP contribution in [0.5, 0.6) is 5.75 Å². The molecule has 0 spiro atoms. The summed E-state index contributed by atoms with van der Waals surface area (Å²) in [4.78, 5) is 11.9. The van der Waals surface area contributed by atoms with E-state index in [1.54, 1.807) is 42.5 Å². The van der Waals surface area contributed by atoms with Crippen molar-refractivity contribution in [2.45, 2.75) is 13.3 Å². The molecular formula is C15H14ClNO2. The zero-order valence-corrected chi connectivity index (χ0v) is 11.2. The van der Waals surface area contributed by atoms with E-state index in [-0.39, 0.29) is 18.1 Å². The quantitative estimate of drug-likeness (QED) is 0.900. The van der Waals surface area contributed by atoms with Gasteiger partial charge in [-0.3, -0.25) is 4.79 Å². The molecule has 0 radical (unpaired) electrons. The molecule has 2 N–H and O–H groups in total. The molecule has 0 aromatic heterocycles. The number of aromatic hydroxyl groups is 1. The molecule has 0 aliphatic rings. The summed E-state index contributed by atoms with van der Waals surface area (Å²) in [6.45, 7) is 1.85. The van der Waals surface area contributed by atoms with Gasteiger partial charge in [0.2, 0.25) is 5.91 Å². The van der Waals surface area contributed by atoms with Crippen LogP contribution in [0.25, 0.3) is 0 Å². The van der Waals surface area contributed by atoms with Crippen molar-refractivity contribution in [1.82, 2.24) is 0 Å². The van der Waals surface area contributed by atoms with Crippen LogP contribution in [0, 0.1) is 6.92 Å². The normalized spacial score (nSPS) is 10.2. The minimum absolute atomic E-state index is 0.124. The molecule has 0 aliphatic heterocycles. The van der Waals surface area contributed by atoms with Crippen molar-refractivity contribution in [1.29, 1.82) is 0 Å². The number of hydrogen-bond acceptors (Lipinski definition) is 2. The highest BCUT2D eigenvalue weighted by Gasteiger charge is 2.09. The van der Waals surface area contributed by atoms with Crippen LogP contribution < -0.4 is 5.32 Å². The maximum Gasteiger partial charge on any atom is 0.228 e. The van der Waals surface area contributed by atoms with E-state index in [4.69, 9.17) is 11.6 Å². The topological polar surface area (TPSA) is 49.3 Å². The second-order valence-electron chi connectivity index (χ2n) is 4.27. The van der Waals surface area contributed by atoms with Crippen molar-refractivity contribution >= 4 is 23.2 Å². The van der Waals surface area contributed by atoms with Gasteiger partial charge in [0.15, 0.2) is 0 Å². The van der Waals surface area contributed by atoms with Crippen LogP contribution in [0.1, 0.15) is 11.1 Å². The summed E-state index contributed by atoms with van der Waals surface area (Å²) in [6.07, 6.45) is 0.124. The molecule has 0 saturated heterocycles. The van der Waals surface area contributed by atoms with Crippen LogP contribution in [0.4, 0.5) is 5.69 Å². The van der Waals surface area contributed by atoms with Gasteiger partial charge in [-0.25, -0.2) is 0 Å². The lowest BCUT2D eigenvalue weighted by atomic mass is 10.1. The van der Waals surface area contributed by atoms with E-state index in [1.165, 1.54) is 0 Å². The monoisotopic (exact) mass is 275 g/mol. The number of amides is 1. The fraction of sp³-hybridized carbons (Fsp3) is 0.133. The molecule has 2 aromatic carbocycles. The number of para-hydroxylation sites is 1. The summed E-state index contributed by atoms with van der Waals surface area (Å²) >= 11 is 5.99. The molecule has 0 unspecified atom stereocenters. The molecule has 1 amide bonds. The molecule has 2 rings (SSSR count). The maximum absolute atomic E-state index is 11.9. The van der Waals surface area contributed by atoms with E-state index >= 15 is 0 Å². The first-order chi connectivity index (χ1) is 9.08. The van der Waals surface area contributed by atoms with Crippen LogP contribution in [0.15, 0.2) is 42.5 Å². The Morgan fingerprint density at radius 1 is 1.21 bits per heavy atom. The van der Waals surface area contributed by atoms with E-state index in [0.717, 1.165) is 5.56 Å². The Bertz CT molecular complexity index is 611. The summed E-state index contributed by atoms with van der Waals surface area (Å²) < 4.78 is 0. The first-order valence-corrected chi connectivity index (χ1v) is 6.27. The smallest absolute Gasteiger partial charge is 0.228 e. The van der Waals surface area contributed by atoms with Crippen molar-refractivity contribution in [3.8, 4) is 5.75 Å². The molecule has 98 valence electrons. The molecule has 0 bridgehead atoms. The van der Waals surface area contributed by atoms with Crippen molar-refractivity contribution in [2.75, 3.05) is 5.32 Å². The van der Waals surface area contributed by atoms with Crippen LogP contribution in [0.3, 0.4) is 0 Å². The first kappa shape index (κ1) is 13.4. The Hall–Kier alpha value is -2.00. The van der Waals surface area contributed by atoms with Gasteiger partial charge in [-0.05, 0) is 30.7 Å². The SMILES string of the molecule is Cc1c(Cl)cccc1NC(=O)Cc1ccccc1O. The number of carbonyl (C=O) groups excluding carboxylic acids is 1. The molecular weight excluding hydrogens is 262 g/mol. The lowest BCUT2D eigenvalue weighted by Crippen LogP contribution is -2.15. The molecule has 2 aromatic rings. The third-order valence-corrected chi connectivity index (χ3v) is 3.29. The Morgan fingerprint density at radius 2 is 1.95 bits per heavy atom. The van der Waals surface area contributed by atoms with Gasteiger partial charge < -0.3 is 10.4 Å². The largest absolute Gasteiger partial charge is 0.508 e. The number of halogens is 1. The Kier molecular flexibility index (Phi) is 4.07. The van der Waals surface area contributed by atoms with Crippen molar-refractivity contribution in [2.24, 2.45) is 0 Å². The first-order valence-electron chi connectivity index (χ1n) is 5.90. The van der Waals surface area contributed by atoms with Crippen LogP contribution in [-0.2, 0) is 11.2 Å². The highest BCUT2D eigenvalue weighted by molar-refractivity contribution is 6.31. The number of nitrogens with one attached hydrogen (secondary N) is 1. The lowest BCUT2D eigenvalue weighted by Gasteiger charge is -2.10. The van der Waals surface area contributed by atoms with E-state index < -0.39 is 0 Å². The minimum Gasteiger partial charge on any atom is -0.508 e. The van der Waals surface area contributed by atoms with E-state index in [9.17, 15) is 9.90 Å². The summed E-state index contributed by atoms with van der Waals surface area (Å²) in [7, 11) is 0. The Balaban J connectivity index is 2.10. The van der Waals surface area contributed by atoms with Gasteiger partial charge in [0, 0.05) is 16.3 Å². The van der Waals surface area contributed by atoms with Gasteiger partial charge in [-0.15, -0.1) is 0 Å². The molecule has 0 aliphatic carbocycles. The van der Waals surface area contributed by atoms with Crippen molar-refractivity contribution < 1.29 is 9.90 Å². The van der Waals surface area contributed by atoms with Gasteiger partial charge in [0.25, 0.3) is 0 Å². The number of benzene rings is 2. The van der Waals surface area contributed by atoms with Gasteiger partial charge >= 0.3 is 0 Å². The maximum atomic E-state index is 11.9. The van der Waals surface area contributed by atoms with Gasteiger partial charge in [0.05, 0.1) is 6.42 Å². The summed E-state index contributed by atoms with van der Waals surface area (Å²) in [6, 6.07) is 12.1. The van der Waals surface area contributed by atoms with E-state index in [1.807, 2.05) is 6.92 Å². The van der Waals surface area contributed by atoms with E-state index in [2.05, 4.69) is 5.32 Å². The summed E-state index contributed by atoms with van der Waals surface area (Å²) in [5.74, 6) is -0.0627. The van der Waals surface area contributed by atoms with Gasteiger partial charge in [0.1, 0.15) is 5.75 Å². The number of anilines is 1.